The van der Waals surface area contributed by atoms with Gasteiger partial charge in [0.05, 0.1) is 10.6 Å². The fourth-order valence-corrected chi connectivity index (χ4v) is 4.34. The minimum atomic E-state index is -3.52. The van der Waals surface area contributed by atoms with Gasteiger partial charge in [0.25, 0.3) is 0 Å². The third-order valence-electron chi connectivity index (χ3n) is 3.96. The Kier molecular flexibility index (Phi) is 5.80. The summed E-state index contributed by atoms with van der Waals surface area (Å²) in [5.41, 5.74) is 2.75. The number of hydrogen-bond acceptors (Lipinski definition) is 4. The summed E-state index contributed by atoms with van der Waals surface area (Å²) >= 11 is 1.46. The minimum Gasteiger partial charge on any atom is -0.241 e. The highest BCUT2D eigenvalue weighted by Gasteiger charge is 2.13. The van der Waals surface area contributed by atoms with Crippen LogP contribution in [0.5, 0.6) is 0 Å². The van der Waals surface area contributed by atoms with E-state index in [4.69, 9.17) is 0 Å². The quantitative estimate of drug-likeness (QED) is 0.663. The number of nitrogens with zero attached hydrogens (tertiary/aromatic N) is 1. The van der Waals surface area contributed by atoms with Crippen molar-refractivity contribution in [3.63, 3.8) is 0 Å². The number of sulfonamides is 1. The van der Waals surface area contributed by atoms with Gasteiger partial charge in [0.15, 0.2) is 0 Å². The topological polar surface area (TPSA) is 59.1 Å². The molecule has 26 heavy (non-hydrogen) atoms. The van der Waals surface area contributed by atoms with E-state index in [9.17, 15) is 12.8 Å². The van der Waals surface area contributed by atoms with Crippen molar-refractivity contribution in [2.24, 2.45) is 0 Å². The molecule has 0 fully saturated rings. The Morgan fingerprint density at radius 1 is 1.08 bits per heavy atom. The SMILES string of the molecule is CCc1ccc(S(=O)(=O)NCCc2csc(-c3ccc(F)cc3)n2)cc1. The van der Waals surface area contributed by atoms with E-state index in [0.717, 1.165) is 28.2 Å². The summed E-state index contributed by atoms with van der Waals surface area (Å²) in [7, 11) is -3.52. The number of halogens is 1. The highest BCUT2D eigenvalue weighted by molar-refractivity contribution is 7.89. The van der Waals surface area contributed by atoms with Gasteiger partial charge in [-0.1, -0.05) is 19.1 Å². The first-order valence-corrected chi connectivity index (χ1v) is 10.6. The van der Waals surface area contributed by atoms with Gasteiger partial charge in [-0.2, -0.15) is 0 Å². The Bertz CT molecular complexity index is 966. The van der Waals surface area contributed by atoms with Crippen molar-refractivity contribution in [1.29, 1.82) is 0 Å². The Balaban J connectivity index is 1.60. The zero-order valence-electron chi connectivity index (χ0n) is 14.3. The molecule has 0 aliphatic heterocycles. The van der Waals surface area contributed by atoms with Gasteiger partial charge in [0.1, 0.15) is 10.8 Å². The molecule has 3 rings (SSSR count). The first-order chi connectivity index (χ1) is 12.5. The third-order valence-corrected chi connectivity index (χ3v) is 6.38. The van der Waals surface area contributed by atoms with Gasteiger partial charge in [-0.25, -0.2) is 22.5 Å². The molecule has 0 atom stereocenters. The van der Waals surface area contributed by atoms with Gasteiger partial charge in [0, 0.05) is 23.9 Å². The average Bonchev–Trinajstić information content (AvgIpc) is 3.11. The van der Waals surface area contributed by atoms with Crippen LogP contribution in [0.2, 0.25) is 0 Å². The Morgan fingerprint density at radius 3 is 2.42 bits per heavy atom. The van der Waals surface area contributed by atoms with Gasteiger partial charge in [0.2, 0.25) is 10.0 Å². The summed E-state index contributed by atoms with van der Waals surface area (Å²) in [6.07, 6.45) is 1.36. The second-order valence-corrected chi connectivity index (χ2v) is 8.42. The summed E-state index contributed by atoms with van der Waals surface area (Å²) in [6.45, 7) is 2.29. The molecular weight excluding hydrogens is 371 g/mol. The van der Waals surface area contributed by atoms with E-state index in [1.807, 2.05) is 24.4 Å². The average molecular weight is 391 g/mol. The van der Waals surface area contributed by atoms with Crippen LogP contribution in [0.15, 0.2) is 58.8 Å². The summed E-state index contributed by atoms with van der Waals surface area (Å²) in [5, 5.41) is 2.68. The molecule has 136 valence electrons. The number of nitrogens with one attached hydrogen (secondary N) is 1. The standard InChI is InChI=1S/C19H19FN2O2S2/c1-2-14-3-9-18(10-4-14)26(23,24)21-12-11-17-13-25-19(22-17)15-5-7-16(20)8-6-15/h3-10,13,21H,2,11-12H2,1H3. The van der Waals surface area contributed by atoms with E-state index in [1.165, 1.54) is 23.5 Å². The molecule has 7 heteroatoms. The molecule has 1 N–H and O–H groups in total. The maximum atomic E-state index is 13.0. The molecule has 3 aromatic rings. The Morgan fingerprint density at radius 2 is 1.77 bits per heavy atom. The normalized spacial score (nSPS) is 11.6. The largest absolute Gasteiger partial charge is 0.241 e. The second-order valence-electron chi connectivity index (χ2n) is 5.80. The zero-order valence-corrected chi connectivity index (χ0v) is 15.9. The number of hydrogen-bond donors (Lipinski definition) is 1. The number of benzene rings is 2. The summed E-state index contributed by atoms with van der Waals surface area (Å²) in [5.74, 6) is -0.285. The van der Waals surface area contributed by atoms with Crippen LogP contribution in [0.3, 0.4) is 0 Å². The minimum absolute atomic E-state index is 0.264. The Hall–Kier alpha value is -2.09. The van der Waals surface area contributed by atoms with E-state index >= 15 is 0 Å². The fraction of sp³-hybridized carbons (Fsp3) is 0.211. The van der Waals surface area contributed by atoms with E-state index in [2.05, 4.69) is 9.71 Å². The predicted octanol–water partition coefficient (Wildman–Crippen LogP) is 4.03. The van der Waals surface area contributed by atoms with Crippen LogP contribution in [-0.2, 0) is 22.9 Å². The van der Waals surface area contributed by atoms with Crippen LogP contribution in [0.1, 0.15) is 18.2 Å². The summed E-state index contributed by atoms with van der Waals surface area (Å²) in [6, 6.07) is 13.0. The predicted molar refractivity (Wildman–Crippen MR) is 102 cm³/mol. The first-order valence-electron chi connectivity index (χ1n) is 8.27. The van der Waals surface area contributed by atoms with Crippen molar-refractivity contribution in [3.05, 3.63) is 71.0 Å². The van der Waals surface area contributed by atoms with E-state index in [-0.39, 0.29) is 17.3 Å². The van der Waals surface area contributed by atoms with Crippen molar-refractivity contribution < 1.29 is 12.8 Å². The molecule has 0 saturated carbocycles. The van der Waals surface area contributed by atoms with Crippen LogP contribution in [-0.4, -0.2) is 19.9 Å². The molecule has 0 amide bonds. The fourth-order valence-electron chi connectivity index (χ4n) is 2.45. The highest BCUT2D eigenvalue weighted by Crippen LogP contribution is 2.24. The van der Waals surface area contributed by atoms with Crippen molar-refractivity contribution in [2.75, 3.05) is 6.54 Å². The van der Waals surface area contributed by atoms with E-state index in [0.29, 0.717) is 6.42 Å². The van der Waals surface area contributed by atoms with E-state index in [1.54, 1.807) is 24.3 Å². The Labute approximate surface area is 156 Å². The van der Waals surface area contributed by atoms with Crippen molar-refractivity contribution in [1.82, 2.24) is 9.71 Å². The molecule has 0 bridgehead atoms. The molecule has 0 saturated heterocycles. The molecule has 0 aliphatic carbocycles. The van der Waals surface area contributed by atoms with Crippen LogP contribution >= 0.6 is 11.3 Å². The van der Waals surface area contributed by atoms with Gasteiger partial charge < -0.3 is 0 Å². The molecule has 0 aliphatic rings. The molecule has 1 aromatic heterocycles. The number of aryl methyl sites for hydroxylation is 1. The highest BCUT2D eigenvalue weighted by atomic mass is 32.2. The summed E-state index contributed by atoms with van der Waals surface area (Å²) in [4.78, 5) is 4.75. The molecule has 0 spiro atoms. The van der Waals surface area contributed by atoms with Gasteiger partial charge >= 0.3 is 0 Å². The van der Waals surface area contributed by atoms with Gasteiger partial charge in [-0.05, 0) is 48.4 Å². The lowest BCUT2D eigenvalue weighted by molar-refractivity contribution is 0.581. The van der Waals surface area contributed by atoms with Gasteiger partial charge in [-0.3, -0.25) is 0 Å². The van der Waals surface area contributed by atoms with Crippen LogP contribution in [0, 0.1) is 5.82 Å². The zero-order chi connectivity index (χ0) is 18.6. The smallest absolute Gasteiger partial charge is 0.240 e. The maximum Gasteiger partial charge on any atom is 0.240 e. The van der Waals surface area contributed by atoms with Crippen molar-refractivity contribution in [3.8, 4) is 10.6 Å². The van der Waals surface area contributed by atoms with Crippen LogP contribution in [0.25, 0.3) is 10.6 Å². The third kappa shape index (κ3) is 4.55. The molecule has 0 radical (unpaired) electrons. The molecule has 2 aromatic carbocycles. The lowest BCUT2D eigenvalue weighted by atomic mass is 10.2. The van der Waals surface area contributed by atoms with Crippen LogP contribution < -0.4 is 4.72 Å². The van der Waals surface area contributed by atoms with Crippen LogP contribution in [0.4, 0.5) is 4.39 Å². The molecular formula is C19H19FN2O2S2. The molecule has 1 heterocycles. The van der Waals surface area contributed by atoms with E-state index < -0.39 is 10.0 Å². The summed E-state index contributed by atoms with van der Waals surface area (Å²) < 4.78 is 40.2. The van der Waals surface area contributed by atoms with Crippen molar-refractivity contribution in [2.45, 2.75) is 24.7 Å². The monoisotopic (exact) mass is 390 g/mol. The van der Waals surface area contributed by atoms with Crippen molar-refractivity contribution >= 4 is 21.4 Å². The maximum absolute atomic E-state index is 13.0. The number of aromatic nitrogens is 1. The lowest BCUT2D eigenvalue weighted by Crippen LogP contribution is -2.26. The molecule has 4 nitrogen and oxygen atoms in total. The number of thiazole rings is 1. The second kappa shape index (κ2) is 8.07. The first kappa shape index (κ1) is 18.7. The lowest BCUT2D eigenvalue weighted by Gasteiger charge is -2.06. The molecule has 0 unspecified atom stereocenters. The van der Waals surface area contributed by atoms with Gasteiger partial charge in [-0.15, -0.1) is 11.3 Å². The number of rotatable bonds is 7.